The molecule has 3 aromatic carbocycles. The third-order valence-corrected chi connectivity index (χ3v) is 6.01. The molecular weight excluding hydrogens is 436 g/mol. The van der Waals surface area contributed by atoms with Crippen LogP contribution in [0.2, 0.25) is 0 Å². The average Bonchev–Trinajstić information content (AvgIpc) is 2.82. The van der Waals surface area contributed by atoms with E-state index >= 15 is 0 Å². The number of phenols is 1. The average molecular weight is 459 g/mol. The zero-order chi connectivity index (χ0) is 23.4. The quantitative estimate of drug-likeness (QED) is 0.197. The van der Waals surface area contributed by atoms with E-state index in [1.165, 1.54) is 11.8 Å². The predicted molar refractivity (Wildman–Crippen MR) is 131 cm³/mol. The Balaban J connectivity index is 1.59. The van der Waals surface area contributed by atoms with Gasteiger partial charge in [0.15, 0.2) is 5.16 Å². The number of phenolic OH excluding ortho intramolecular Hbond substituents is 1. The van der Waals surface area contributed by atoms with Crippen molar-refractivity contribution in [3.8, 4) is 11.4 Å². The number of hydrogen-bond acceptors (Lipinski definition) is 6. The maximum absolute atomic E-state index is 13.3. The van der Waals surface area contributed by atoms with E-state index in [2.05, 4.69) is 15.5 Å². The number of carbonyl (C=O) groups is 1. The number of nitrogens with zero attached hydrogens (tertiary/aromatic N) is 3. The number of carbonyl (C=O) groups excluding carboxylic acids is 1. The van der Waals surface area contributed by atoms with E-state index in [1.807, 2.05) is 43.3 Å². The van der Waals surface area contributed by atoms with Gasteiger partial charge in [-0.25, -0.2) is 10.4 Å². The Hall–Kier alpha value is -3.91. The van der Waals surface area contributed by atoms with Gasteiger partial charge in [-0.1, -0.05) is 42.1 Å². The minimum Gasteiger partial charge on any atom is -0.508 e. The number of nitrogens with one attached hydrogen (secondary N) is 1. The number of aromatic hydroxyl groups is 1. The fourth-order valence-corrected chi connectivity index (χ4v) is 4.11. The lowest BCUT2D eigenvalue weighted by molar-refractivity contribution is -0.118. The highest BCUT2D eigenvalue weighted by molar-refractivity contribution is 7.99. The SMILES string of the molecule is C/C(=N\NC(=O)CSc1nc2ccccc2c(=O)n1-c1ccccc1C)c1ccc(O)cc1. The molecule has 166 valence electrons. The lowest BCUT2D eigenvalue weighted by Crippen LogP contribution is -2.25. The Labute approximate surface area is 194 Å². The molecule has 0 aliphatic heterocycles. The first-order valence-corrected chi connectivity index (χ1v) is 11.3. The highest BCUT2D eigenvalue weighted by Gasteiger charge is 2.16. The van der Waals surface area contributed by atoms with E-state index in [1.54, 1.807) is 47.9 Å². The second-order valence-corrected chi connectivity index (χ2v) is 8.35. The normalized spacial score (nSPS) is 11.5. The molecule has 8 heteroatoms. The van der Waals surface area contributed by atoms with Gasteiger partial charge in [0, 0.05) is 0 Å². The van der Waals surface area contributed by atoms with Crippen LogP contribution in [0.3, 0.4) is 0 Å². The van der Waals surface area contributed by atoms with Gasteiger partial charge in [-0.3, -0.25) is 14.2 Å². The van der Waals surface area contributed by atoms with Crippen LogP contribution in [-0.4, -0.2) is 32.0 Å². The summed E-state index contributed by atoms with van der Waals surface area (Å²) in [5.74, 6) is -0.130. The van der Waals surface area contributed by atoms with Crippen LogP contribution >= 0.6 is 11.8 Å². The van der Waals surface area contributed by atoms with Gasteiger partial charge in [0.2, 0.25) is 0 Å². The van der Waals surface area contributed by atoms with Crippen molar-refractivity contribution in [3.05, 3.63) is 94.3 Å². The van der Waals surface area contributed by atoms with Crippen molar-refractivity contribution < 1.29 is 9.90 Å². The van der Waals surface area contributed by atoms with E-state index in [0.717, 1.165) is 16.8 Å². The van der Waals surface area contributed by atoms with Crippen molar-refractivity contribution in [1.82, 2.24) is 15.0 Å². The second-order valence-electron chi connectivity index (χ2n) is 7.41. The summed E-state index contributed by atoms with van der Waals surface area (Å²) >= 11 is 1.17. The maximum atomic E-state index is 13.3. The molecule has 0 aliphatic rings. The third-order valence-electron chi connectivity index (χ3n) is 5.07. The zero-order valence-corrected chi connectivity index (χ0v) is 19.0. The lowest BCUT2D eigenvalue weighted by atomic mass is 10.1. The summed E-state index contributed by atoms with van der Waals surface area (Å²) in [5.41, 5.74) is 5.98. The maximum Gasteiger partial charge on any atom is 0.266 e. The molecule has 1 heterocycles. The molecule has 0 fully saturated rings. The van der Waals surface area contributed by atoms with Gasteiger partial charge in [-0.05, 0) is 67.4 Å². The molecule has 2 N–H and O–H groups in total. The number of para-hydroxylation sites is 2. The lowest BCUT2D eigenvalue weighted by Gasteiger charge is -2.14. The van der Waals surface area contributed by atoms with Crippen molar-refractivity contribution in [2.75, 3.05) is 5.75 Å². The largest absolute Gasteiger partial charge is 0.508 e. The molecule has 0 radical (unpaired) electrons. The first-order valence-electron chi connectivity index (χ1n) is 10.3. The highest BCUT2D eigenvalue weighted by Crippen LogP contribution is 2.23. The van der Waals surface area contributed by atoms with Crippen molar-refractivity contribution in [3.63, 3.8) is 0 Å². The van der Waals surface area contributed by atoms with Gasteiger partial charge >= 0.3 is 0 Å². The van der Waals surface area contributed by atoms with Crippen LogP contribution in [0.1, 0.15) is 18.1 Å². The molecular formula is C25H22N4O3S. The Morgan fingerprint density at radius 1 is 1.06 bits per heavy atom. The number of benzene rings is 3. The van der Waals surface area contributed by atoms with E-state index in [0.29, 0.717) is 21.8 Å². The van der Waals surface area contributed by atoms with Crippen molar-refractivity contribution in [1.29, 1.82) is 0 Å². The van der Waals surface area contributed by atoms with Crippen LogP contribution in [0.15, 0.2) is 87.8 Å². The van der Waals surface area contributed by atoms with Crippen LogP contribution in [0, 0.1) is 6.92 Å². The van der Waals surface area contributed by atoms with Crippen LogP contribution in [0.25, 0.3) is 16.6 Å². The Kier molecular flexibility index (Phi) is 6.55. The predicted octanol–water partition coefficient (Wildman–Crippen LogP) is 4.03. The molecule has 1 aromatic heterocycles. The number of aromatic nitrogens is 2. The summed E-state index contributed by atoms with van der Waals surface area (Å²) in [4.78, 5) is 30.5. The van der Waals surface area contributed by atoms with Crippen LogP contribution in [0.4, 0.5) is 0 Å². The monoisotopic (exact) mass is 458 g/mol. The number of amides is 1. The van der Waals surface area contributed by atoms with Gasteiger partial charge in [0.05, 0.1) is 28.1 Å². The third kappa shape index (κ3) is 4.96. The molecule has 0 saturated carbocycles. The van der Waals surface area contributed by atoms with Crippen molar-refractivity contribution >= 4 is 34.3 Å². The summed E-state index contributed by atoms with van der Waals surface area (Å²) in [6.45, 7) is 3.69. The fraction of sp³-hybridized carbons (Fsp3) is 0.120. The topological polar surface area (TPSA) is 96.6 Å². The molecule has 1 amide bonds. The molecule has 0 aliphatic carbocycles. The highest BCUT2D eigenvalue weighted by atomic mass is 32.2. The molecule has 4 aromatic rings. The molecule has 4 rings (SSSR count). The minimum atomic E-state index is -0.322. The Morgan fingerprint density at radius 2 is 1.76 bits per heavy atom. The first kappa shape index (κ1) is 22.3. The summed E-state index contributed by atoms with van der Waals surface area (Å²) in [6.07, 6.45) is 0. The second kappa shape index (κ2) is 9.70. The van der Waals surface area contributed by atoms with E-state index in [-0.39, 0.29) is 23.0 Å². The number of aryl methyl sites for hydroxylation is 1. The number of hydrogen-bond donors (Lipinski definition) is 2. The van der Waals surface area contributed by atoms with Crippen molar-refractivity contribution in [2.24, 2.45) is 5.10 Å². The molecule has 0 bridgehead atoms. The van der Waals surface area contributed by atoms with Gasteiger partial charge in [0.1, 0.15) is 5.75 Å². The molecule has 7 nitrogen and oxygen atoms in total. The Morgan fingerprint density at radius 3 is 2.52 bits per heavy atom. The van der Waals surface area contributed by atoms with Crippen LogP contribution in [-0.2, 0) is 4.79 Å². The van der Waals surface area contributed by atoms with Crippen LogP contribution in [0.5, 0.6) is 5.75 Å². The summed E-state index contributed by atoms with van der Waals surface area (Å²) in [7, 11) is 0. The first-order chi connectivity index (χ1) is 15.9. The number of thioether (sulfide) groups is 1. The van der Waals surface area contributed by atoms with Gasteiger partial charge in [-0.15, -0.1) is 0 Å². The number of rotatable bonds is 6. The Bertz CT molecular complexity index is 1410. The van der Waals surface area contributed by atoms with Crippen LogP contribution < -0.4 is 11.0 Å². The summed E-state index contributed by atoms with van der Waals surface area (Å²) < 4.78 is 1.56. The number of hydrazone groups is 1. The molecule has 33 heavy (non-hydrogen) atoms. The van der Waals surface area contributed by atoms with E-state index in [9.17, 15) is 14.7 Å². The van der Waals surface area contributed by atoms with Gasteiger partial charge in [-0.2, -0.15) is 5.10 Å². The minimum absolute atomic E-state index is 0.0308. The summed E-state index contributed by atoms with van der Waals surface area (Å²) in [6, 6.07) is 21.3. The fourth-order valence-electron chi connectivity index (χ4n) is 3.31. The zero-order valence-electron chi connectivity index (χ0n) is 18.1. The van der Waals surface area contributed by atoms with Gasteiger partial charge in [0.25, 0.3) is 11.5 Å². The standard InChI is InChI=1S/C25H22N4O3S/c1-16-7-3-6-10-22(16)29-24(32)20-8-4-5-9-21(20)26-25(29)33-15-23(31)28-27-17(2)18-11-13-19(30)14-12-18/h3-14,30H,15H2,1-2H3,(H,28,31)/b27-17+. The molecule has 0 atom stereocenters. The molecule has 0 spiro atoms. The molecule has 0 unspecified atom stereocenters. The van der Waals surface area contributed by atoms with E-state index in [4.69, 9.17) is 0 Å². The molecule has 0 saturated heterocycles. The summed E-state index contributed by atoms with van der Waals surface area (Å²) in [5, 5.41) is 14.5. The van der Waals surface area contributed by atoms with Crippen molar-refractivity contribution in [2.45, 2.75) is 19.0 Å². The van der Waals surface area contributed by atoms with Gasteiger partial charge < -0.3 is 5.11 Å². The smallest absolute Gasteiger partial charge is 0.266 e. The van der Waals surface area contributed by atoms with E-state index < -0.39 is 0 Å². The number of fused-ring (bicyclic) bond motifs is 1.